The van der Waals surface area contributed by atoms with Crippen LogP contribution in [0, 0.1) is 0 Å². The molecule has 100 valence electrons. The van der Waals surface area contributed by atoms with E-state index in [1.807, 2.05) is 31.7 Å². The molecule has 2 atom stereocenters. The van der Waals surface area contributed by atoms with Gasteiger partial charge in [-0.15, -0.1) is 11.8 Å². The lowest BCUT2D eigenvalue weighted by molar-refractivity contribution is 0.347. The number of hydrogen-bond donors (Lipinski definition) is 1. The van der Waals surface area contributed by atoms with Crippen LogP contribution in [-0.4, -0.2) is 15.9 Å². The van der Waals surface area contributed by atoms with Gasteiger partial charge < -0.3 is 10.3 Å². The lowest BCUT2D eigenvalue weighted by atomic mass is 9.99. The molecule has 0 saturated heterocycles. The SMILES string of the molecule is CCC(C)(N)c1noc(C2CSc3ccccc32)n1. The summed E-state index contributed by atoms with van der Waals surface area (Å²) in [6.07, 6.45) is 0.780. The molecule has 4 nitrogen and oxygen atoms in total. The van der Waals surface area contributed by atoms with Crippen molar-refractivity contribution in [2.45, 2.75) is 36.6 Å². The van der Waals surface area contributed by atoms with Crippen LogP contribution in [0.5, 0.6) is 0 Å². The van der Waals surface area contributed by atoms with Crippen LogP contribution >= 0.6 is 11.8 Å². The third-order valence-corrected chi connectivity index (χ3v) is 4.87. The summed E-state index contributed by atoms with van der Waals surface area (Å²) in [5.74, 6) is 2.42. The summed E-state index contributed by atoms with van der Waals surface area (Å²) in [5, 5.41) is 4.06. The van der Waals surface area contributed by atoms with E-state index >= 15 is 0 Å². The van der Waals surface area contributed by atoms with Gasteiger partial charge in [-0.1, -0.05) is 30.3 Å². The number of hydrogen-bond acceptors (Lipinski definition) is 5. The van der Waals surface area contributed by atoms with Crippen LogP contribution in [0.1, 0.15) is 43.5 Å². The molecule has 2 heterocycles. The summed E-state index contributed by atoms with van der Waals surface area (Å²) in [6.45, 7) is 3.95. The topological polar surface area (TPSA) is 64.9 Å². The van der Waals surface area contributed by atoms with Crippen LogP contribution in [0.15, 0.2) is 33.7 Å². The van der Waals surface area contributed by atoms with Crippen molar-refractivity contribution in [2.24, 2.45) is 5.73 Å². The zero-order valence-electron chi connectivity index (χ0n) is 11.1. The fourth-order valence-corrected chi connectivity index (χ4v) is 3.35. The average molecular weight is 275 g/mol. The van der Waals surface area contributed by atoms with Crippen LogP contribution in [-0.2, 0) is 5.54 Å². The van der Waals surface area contributed by atoms with Crippen molar-refractivity contribution in [1.29, 1.82) is 0 Å². The Bertz CT molecular complexity index is 594. The molecule has 0 bridgehead atoms. The maximum atomic E-state index is 6.15. The lowest BCUT2D eigenvalue weighted by Crippen LogP contribution is -2.33. The Labute approximate surface area is 116 Å². The van der Waals surface area contributed by atoms with Gasteiger partial charge in [0.15, 0.2) is 5.82 Å². The van der Waals surface area contributed by atoms with E-state index in [1.165, 1.54) is 10.5 Å². The maximum Gasteiger partial charge on any atom is 0.235 e. The van der Waals surface area contributed by atoms with Crippen molar-refractivity contribution in [3.05, 3.63) is 41.5 Å². The Morgan fingerprint density at radius 3 is 3.05 bits per heavy atom. The molecule has 3 rings (SSSR count). The Morgan fingerprint density at radius 2 is 2.26 bits per heavy atom. The van der Waals surface area contributed by atoms with Crippen molar-refractivity contribution in [2.75, 3.05) is 5.75 Å². The molecule has 0 amide bonds. The molecule has 1 aromatic heterocycles. The standard InChI is InChI=1S/C14H17N3OS/c1-3-14(2,15)13-16-12(18-17-13)10-8-19-11-7-5-4-6-9(10)11/h4-7,10H,3,8,15H2,1-2H3. The molecule has 2 N–H and O–H groups in total. The van der Waals surface area contributed by atoms with E-state index in [4.69, 9.17) is 10.3 Å². The van der Waals surface area contributed by atoms with Gasteiger partial charge in [0.1, 0.15) is 0 Å². The number of aromatic nitrogens is 2. The smallest absolute Gasteiger partial charge is 0.235 e. The summed E-state index contributed by atoms with van der Waals surface area (Å²) < 4.78 is 5.44. The maximum absolute atomic E-state index is 6.15. The molecular weight excluding hydrogens is 258 g/mol. The first-order valence-electron chi connectivity index (χ1n) is 6.46. The van der Waals surface area contributed by atoms with Crippen LogP contribution in [0.4, 0.5) is 0 Å². The van der Waals surface area contributed by atoms with Gasteiger partial charge in [0.2, 0.25) is 5.89 Å². The Morgan fingerprint density at radius 1 is 1.47 bits per heavy atom. The normalized spacial score (nSPS) is 21.1. The quantitative estimate of drug-likeness (QED) is 0.933. The van der Waals surface area contributed by atoms with Crippen molar-refractivity contribution >= 4 is 11.8 Å². The molecular formula is C14H17N3OS. The van der Waals surface area contributed by atoms with Gasteiger partial charge in [0.25, 0.3) is 0 Å². The van der Waals surface area contributed by atoms with E-state index in [9.17, 15) is 0 Å². The van der Waals surface area contributed by atoms with E-state index in [-0.39, 0.29) is 5.92 Å². The summed E-state index contributed by atoms with van der Waals surface area (Å²) in [5.41, 5.74) is 6.91. The third-order valence-electron chi connectivity index (χ3n) is 3.69. The minimum absolute atomic E-state index is 0.190. The molecule has 5 heteroatoms. The Hall–Kier alpha value is -1.33. The highest BCUT2D eigenvalue weighted by Crippen LogP contribution is 2.42. The van der Waals surface area contributed by atoms with Gasteiger partial charge in [-0.05, 0) is 25.0 Å². The minimum Gasteiger partial charge on any atom is -0.339 e. The van der Waals surface area contributed by atoms with Crippen LogP contribution in [0.2, 0.25) is 0 Å². The van der Waals surface area contributed by atoms with Gasteiger partial charge in [-0.3, -0.25) is 0 Å². The summed E-state index contributed by atoms with van der Waals surface area (Å²) >= 11 is 1.83. The van der Waals surface area contributed by atoms with Crippen LogP contribution in [0.3, 0.4) is 0 Å². The summed E-state index contributed by atoms with van der Waals surface area (Å²) in [4.78, 5) is 5.82. The van der Waals surface area contributed by atoms with Crippen molar-refractivity contribution in [3.8, 4) is 0 Å². The molecule has 0 radical (unpaired) electrons. The van der Waals surface area contributed by atoms with Crippen LogP contribution < -0.4 is 5.73 Å². The molecule has 2 unspecified atom stereocenters. The largest absolute Gasteiger partial charge is 0.339 e. The molecule has 0 spiro atoms. The summed E-state index contributed by atoms with van der Waals surface area (Å²) in [6, 6.07) is 8.37. The number of benzene rings is 1. The van der Waals surface area contributed by atoms with E-state index in [0.29, 0.717) is 11.7 Å². The Kier molecular flexibility index (Phi) is 3.11. The van der Waals surface area contributed by atoms with E-state index in [2.05, 4.69) is 28.3 Å². The first-order chi connectivity index (χ1) is 9.12. The monoisotopic (exact) mass is 275 g/mol. The first-order valence-corrected chi connectivity index (χ1v) is 7.45. The van der Waals surface area contributed by atoms with E-state index in [0.717, 1.165) is 12.2 Å². The molecule has 0 saturated carbocycles. The van der Waals surface area contributed by atoms with Gasteiger partial charge in [0, 0.05) is 10.6 Å². The molecule has 0 aliphatic carbocycles. The minimum atomic E-state index is -0.521. The van der Waals surface area contributed by atoms with Gasteiger partial charge >= 0.3 is 0 Å². The molecule has 2 aromatic rings. The molecule has 1 aliphatic rings. The predicted octanol–water partition coefficient (Wildman–Crippen LogP) is 2.89. The zero-order valence-corrected chi connectivity index (χ0v) is 11.9. The molecule has 1 aliphatic heterocycles. The number of nitrogens with two attached hydrogens (primary N) is 1. The Balaban J connectivity index is 1.93. The predicted molar refractivity (Wildman–Crippen MR) is 75.1 cm³/mol. The highest BCUT2D eigenvalue weighted by molar-refractivity contribution is 7.99. The number of rotatable bonds is 3. The fourth-order valence-electron chi connectivity index (χ4n) is 2.13. The second-order valence-corrected chi connectivity index (χ2v) is 6.19. The van der Waals surface area contributed by atoms with E-state index in [1.54, 1.807) is 0 Å². The van der Waals surface area contributed by atoms with Crippen LogP contribution in [0.25, 0.3) is 0 Å². The molecule has 0 fully saturated rings. The lowest BCUT2D eigenvalue weighted by Gasteiger charge is -2.16. The molecule has 19 heavy (non-hydrogen) atoms. The van der Waals surface area contributed by atoms with Crippen molar-refractivity contribution in [3.63, 3.8) is 0 Å². The van der Waals surface area contributed by atoms with E-state index < -0.39 is 5.54 Å². The summed E-state index contributed by atoms with van der Waals surface area (Å²) in [7, 11) is 0. The highest BCUT2D eigenvalue weighted by Gasteiger charge is 2.32. The second kappa shape index (κ2) is 4.65. The molecule has 1 aromatic carbocycles. The van der Waals surface area contributed by atoms with Crippen molar-refractivity contribution in [1.82, 2.24) is 10.1 Å². The second-order valence-electron chi connectivity index (χ2n) is 5.13. The first kappa shape index (κ1) is 12.7. The number of thioether (sulfide) groups is 1. The van der Waals surface area contributed by atoms with Gasteiger partial charge in [0.05, 0.1) is 11.5 Å². The zero-order chi connectivity index (χ0) is 13.5. The number of fused-ring (bicyclic) bond motifs is 1. The van der Waals surface area contributed by atoms with Crippen molar-refractivity contribution < 1.29 is 4.52 Å². The fraction of sp³-hybridized carbons (Fsp3) is 0.429. The number of nitrogens with zero attached hydrogens (tertiary/aromatic N) is 2. The average Bonchev–Trinajstić information content (AvgIpc) is 3.05. The van der Waals surface area contributed by atoms with Gasteiger partial charge in [-0.25, -0.2) is 0 Å². The highest BCUT2D eigenvalue weighted by atomic mass is 32.2. The third kappa shape index (κ3) is 2.17. The van der Waals surface area contributed by atoms with Gasteiger partial charge in [-0.2, -0.15) is 4.98 Å².